The largest absolute Gasteiger partial charge is 0.497 e. The Hall–Kier alpha value is -3.41. The van der Waals surface area contributed by atoms with Crippen molar-refractivity contribution < 1.29 is 9.53 Å². The first-order chi connectivity index (χ1) is 15.7. The molecule has 0 aliphatic carbocycles. The fourth-order valence-electron chi connectivity index (χ4n) is 4.17. The van der Waals surface area contributed by atoms with E-state index in [4.69, 9.17) is 4.74 Å². The van der Waals surface area contributed by atoms with E-state index in [1.807, 2.05) is 59.5 Å². The summed E-state index contributed by atoms with van der Waals surface area (Å²) in [7, 11) is 1.66. The standard InChI is InChI=1S/C26H30N4O2/c1-3-29(19-20-7-5-4-6-8-20)26(31)22-15-17-30(18-16-22)25-14-13-24(27-28-25)21-9-11-23(32-2)12-10-21/h4-14,22H,3,15-19H2,1-2H3. The second-order valence-electron chi connectivity index (χ2n) is 8.10. The smallest absolute Gasteiger partial charge is 0.226 e. The number of rotatable bonds is 7. The Morgan fingerprint density at radius 2 is 1.72 bits per heavy atom. The zero-order valence-corrected chi connectivity index (χ0v) is 18.8. The van der Waals surface area contributed by atoms with Gasteiger partial charge >= 0.3 is 0 Å². The minimum absolute atomic E-state index is 0.0708. The van der Waals surface area contributed by atoms with Crippen LogP contribution in [0.15, 0.2) is 66.7 Å². The molecule has 0 N–H and O–H groups in total. The first-order valence-electron chi connectivity index (χ1n) is 11.2. The van der Waals surface area contributed by atoms with Gasteiger partial charge in [-0.15, -0.1) is 10.2 Å². The second-order valence-corrected chi connectivity index (χ2v) is 8.10. The molecule has 0 bridgehead atoms. The van der Waals surface area contributed by atoms with Crippen molar-refractivity contribution in [2.24, 2.45) is 5.92 Å². The van der Waals surface area contributed by atoms with Gasteiger partial charge < -0.3 is 14.5 Å². The summed E-state index contributed by atoms with van der Waals surface area (Å²) in [4.78, 5) is 17.3. The lowest BCUT2D eigenvalue weighted by Crippen LogP contribution is -2.42. The molecule has 1 aliphatic rings. The molecule has 1 amide bonds. The number of hydrogen-bond acceptors (Lipinski definition) is 5. The second kappa shape index (κ2) is 10.3. The Kier molecular flexibility index (Phi) is 7.00. The summed E-state index contributed by atoms with van der Waals surface area (Å²) in [6, 6.07) is 22.0. The van der Waals surface area contributed by atoms with Crippen LogP contribution in [0.5, 0.6) is 5.75 Å². The zero-order valence-electron chi connectivity index (χ0n) is 18.8. The summed E-state index contributed by atoms with van der Waals surface area (Å²) >= 11 is 0. The molecule has 3 aromatic rings. The molecule has 166 valence electrons. The van der Waals surface area contributed by atoms with Crippen LogP contribution in [0.1, 0.15) is 25.3 Å². The fraction of sp³-hybridized carbons (Fsp3) is 0.346. The summed E-state index contributed by atoms with van der Waals surface area (Å²) in [5.41, 5.74) is 3.01. The normalized spacial score (nSPS) is 14.2. The molecule has 2 aromatic carbocycles. The molecule has 4 rings (SSSR count). The van der Waals surface area contributed by atoms with Gasteiger partial charge in [0.2, 0.25) is 5.91 Å². The van der Waals surface area contributed by atoms with E-state index in [0.29, 0.717) is 6.54 Å². The average Bonchev–Trinajstić information content (AvgIpc) is 2.88. The maximum absolute atomic E-state index is 13.1. The number of ether oxygens (including phenoxy) is 1. The molecule has 6 nitrogen and oxygen atoms in total. The van der Waals surface area contributed by atoms with Crippen molar-refractivity contribution in [1.82, 2.24) is 15.1 Å². The third-order valence-corrected chi connectivity index (χ3v) is 6.11. The van der Waals surface area contributed by atoms with Crippen LogP contribution in [0.4, 0.5) is 5.82 Å². The SMILES string of the molecule is CCN(Cc1ccccc1)C(=O)C1CCN(c2ccc(-c3ccc(OC)cc3)nn2)CC1. The lowest BCUT2D eigenvalue weighted by atomic mass is 9.95. The highest BCUT2D eigenvalue weighted by Gasteiger charge is 2.28. The van der Waals surface area contributed by atoms with Gasteiger partial charge in [-0.2, -0.15) is 0 Å². The van der Waals surface area contributed by atoms with E-state index in [2.05, 4.69) is 34.2 Å². The van der Waals surface area contributed by atoms with E-state index in [-0.39, 0.29) is 11.8 Å². The number of benzene rings is 2. The summed E-state index contributed by atoms with van der Waals surface area (Å²) < 4.78 is 5.21. The lowest BCUT2D eigenvalue weighted by molar-refractivity contribution is -0.136. The van der Waals surface area contributed by atoms with Crippen molar-refractivity contribution in [3.63, 3.8) is 0 Å². The molecular weight excluding hydrogens is 400 g/mol. The van der Waals surface area contributed by atoms with Crippen LogP contribution >= 0.6 is 0 Å². The molecule has 1 saturated heterocycles. The topological polar surface area (TPSA) is 58.6 Å². The van der Waals surface area contributed by atoms with Gasteiger partial charge in [-0.05, 0) is 61.7 Å². The number of methoxy groups -OCH3 is 1. The van der Waals surface area contributed by atoms with Crippen LogP contribution in [0.2, 0.25) is 0 Å². The monoisotopic (exact) mass is 430 g/mol. The van der Waals surface area contributed by atoms with Gasteiger partial charge in [-0.1, -0.05) is 30.3 Å². The molecule has 1 fully saturated rings. The molecule has 0 saturated carbocycles. The molecule has 0 atom stereocenters. The summed E-state index contributed by atoms with van der Waals surface area (Å²) in [5, 5.41) is 8.86. The highest BCUT2D eigenvalue weighted by atomic mass is 16.5. The van der Waals surface area contributed by atoms with E-state index < -0.39 is 0 Å². The number of nitrogens with zero attached hydrogens (tertiary/aromatic N) is 4. The number of hydrogen-bond donors (Lipinski definition) is 0. The van der Waals surface area contributed by atoms with E-state index in [1.54, 1.807) is 7.11 Å². The number of carbonyl (C=O) groups is 1. The number of aromatic nitrogens is 2. The van der Waals surface area contributed by atoms with Crippen molar-refractivity contribution >= 4 is 11.7 Å². The van der Waals surface area contributed by atoms with Crippen LogP contribution in [-0.2, 0) is 11.3 Å². The predicted octanol–water partition coefficient (Wildman–Crippen LogP) is 4.42. The van der Waals surface area contributed by atoms with Gasteiger partial charge in [0, 0.05) is 37.7 Å². The van der Waals surface area contributed by atoms with Crippen LogP contribution < -0.4 is 9.64 Å². The molecule has 2 heterocycles. The van der Waals surface area contributed by atoms with Gasteiger partial charge in [0.1, 0.15) is 5.75 Å². The fourth-order valence-corrected chi connectivity index (χ4v) is 4.17. The van der Waals surface area contributed by atoms with Crippen molar-refractivity contribution in [2.45, 2.75) is 26.3 Å². The Morgan fingerprint density at radius 1 is 1.00 bits per heavy atom. The molecular formula is C26H30N4O2. The zero-order chi connectivity index (χ0) is 22.3. The average molecular weight is 431 g/mol. The maximum Gasteiger partial charge on any atom is 0.226 e. The minimum atomic E-state index is 0.0708. The van der Waals surface area contributed by atoms with Crippen LogP contribution in [0.25, 0.3) is 11.3 Å². The number of anilines is 1. The first kappa shape index (κ1) is 21.8. The summed E-state index contributed by atoms with van der Waals surface area (Å²) in [6.07, 6.45) is 1.68. The molecule has 1 aliphatic heterocycles. The third kappa shape index (κ3) is 5.07. The maximum atomic E-state index is 13.1. The van der Waals surface area contributed by atoms with Crippen molar-refractivity contribution in [3.8, 4) is 17.0 Å². The highest BCUT2D eigenvalue weighted by molar-refractivity contribution is 5.79. The Morgan fingerprint density at radius 3 is 2.31 bits per heavy atom. The summed E-state index contributed by atoms with van der Waals surface area (Å²) in [6.45, 7) is 5.09. The molecule has 1 aromatic heterocycles. The van der Waals surface area contributed by atoms with E-state index in [1.165, 1.54) is 5.56 Å². The van der Waals surface area contributed by atoms with Gasteiger partial charge in [-0.25, -0.2) is 0 Å². The molecule has 6 heteroatoms. The van der Waals surface area contributed by atoms with Crippen molar-refractivity contribution in [1.29, 1.82) is 0 Å². The van der Waals surface area contributed by atoms with Gasteiger partial charge in [0.25, 0.3) is 0 Å². The Bertz CT molecular complexity index is 998. The van der Waals surface area contributed by atoms with E-state index >= 15 is 0 Å². The minimum Gasteiger partial charge on any atom is -0.497 e. The van der Waals surface area contributed by atoms with Crippen LogP contribution in [0, 0.1) is 5.92 Å². The predicted molar refractivity (Wildman–Crippen MR) is 126 cm³/mol. The molecule has 0 radical (unpaired) electrons. The van der Waals surface area contributed by atoms with Gasteiger partial charge in [-0.3, -0.25) is 4.79 Å². The number of carbonyl (C=O) groups excluding carboxylic acids is 1. The van der Waals surface area contributed by atoms with Crippen LogP contribution in [0.3, 0.4) is 0 Å². The molecule has 32 heavy (non-hydrogen) atoms. The molecule has 0 unspecified atom stereocenters. The number of amides is 1. The van der Waals surface area contributed by atoms with Crippen molar-refractivity contribution in [2.75, 3.05) is 31.6 Å². The first-order valence-corrected chi connectivity index (χ1v) is 11.2. The van der Waals surface area contributed by atoms with E-state index in [9.17, 15) is 4.79 Å². The van der Waals surface area contributed by atoms with Gasteiger partial charge in [0.05, 0.1) is 12.8 Å². The lowest BCUT2D eigenvalue weighted by Gasteiger charge is -2.34. The quantitative estimate of drug-likeness (QED) is 0.555. The highest BCUT2D eigenvalue weighted by Crippen LogP contribution is 2.26. The summed E-state index contributed by atoms with van der Waals surface area (Å²) in [5.74, 6) is 2.02. The number of piperidine rings is 1. The Labute approximate surface area is 189 Å². The molecule has 0 spiro atoms. The third-order valence-electron chi connectivity index (χ3n) is 6.11. The Balaban J connectivity index is 1.34. The van der Waals surface area contributed by atoms with Crippen molar-refractivity contribution in [3.05, 3.63) is 72.3 Å². The van der Waals surface area contributed by atoms with E-state index in [0.717, 1.165) is 55.3 Å². The van der Waals surface area contributed by atoms with Gasteiger partial charge in [0.15, 0.2) is 5.82 Å². The van der Waals surface area contributed by atoms with Crippen LogP contribution in [-0.4, -0.2) is 47.7 Å².